The molecule has 52 valence electrons. The van der Waals surface area contributed by atoms with E-state index >= 15 is 0 Å². The van der Waals surface area contributed by atoms with E-state index in [0.717, 1.165) is 0 Å². The first-order chi connectivity index (χ1) is 4.06. The molecule has 0 radical (unpaired) electrons. The molecule has 0 rings (SSSR count). The van der Waals surface area contributed by atoms with E-state index in [1.807, 2.05) is 0 Å². The zero-order valence-corrected chi connectivity index (χ0v) is 5.70. The van der Waals surface area contributed by atoms with Crippen molar-refractivity contribution < 1.29 is 12.3 Å². The topological polar surface area (TPSA) is 23.8 Å². The van der Waals surface area contributed by atoms with Crippen LogP contribution in [-0.2, 0) is 0 Å². The predicted molar refractivity (Wildman–Crippen MR) is 28.7 cm³/mol. The van der Waals surface area contributed by atoms with Crippen LogP contribution in [0.2, 0.25) is 6.04 Å². The van der Waals surface area contributed by atoms with Crippen LogP contribution in [-0.4, -0.2) is 9.08 Å². The van der Waals surface area contributed by atoms with Crippen LogP contribution in [0.3, 0.4) is 0 Å². The highest BCUT2D eigenvalue weighted by atomic mass is 28.5. The van der Waals surface area contributed by atoms with Gasteiger partial charge in [0.05, 0.1) is 6.07 Å². The zero-order valence-electron chi connectivity index (χ0n) is 4.70. The van der Waals surface area contributed by atoms with E-state index in [1.165, 1.54) is 0 Å². The van der Waals surface area contributed by atoms with Crippen molar-refractivity contribution in [2.75, 3.05) is 0 Å². The van der Waals surface area contributed by atoms with Gasteiger partial charge in [0, 0.05) is 12.5 Å². The van der Waals surface area contributed by atoms with Crippen LogP contribution in [0.5, 0.6) is 0 Å². The Bertz CT molecular complexity index is 114. The van der Waals surface area contributed by atoms with Crippen molar-refractivity contribution in [1.82, 2.24) is 0 Å². The average Bonchev–Trinajstić information content (AvgIpc) is 1.63. The molecule has 0 bridgehead atoms. The fraction of sp³-hybridized carbons (Fsp3) is 0.750. The quantitative estimate of drug-likeness (QED) is 0.346. The van der Waals surface area contributed by atoms with Gasteiger partial charge in [0.15, 0.2) is 0 Å². The molecule has 0 aliphatic rings. The summed E-state index contributed by atoms with van der Waals surface area (Å²) >= 11 is 0. The first-order valence-corrected chi connectivity index (χ1v) is 4.34. The molecule has 5 heteroatoms. The number of hydrogen-bond acceptors (Lipinski definition) is 1. The molecule has 0 amide bonds. The second kappa shape index (κ2) is 3.51. The van der Waals surface area contributed by atoms with Crippen molar-refractivity contribution in [3.05, 3.63) is 0 Å². The number of hydrogen-bond donors (Lipinski definition) is 0. The third-order valence-electron chi connectivity index (χ3n) is 0.749. The summed E-state index contributed by atoms with van der Waals surface area (Å²) in [4.78, 5) is 0. The molecule has 0 unspecified atom stereocenters. The summed E-state index contributed by atoms with van der Waals surface area (Å²) in [7, 11) is -5.35. The molecule has 0 atom stereocenters. The third kappa shape index (κ3) is 7.50. The maximum atomic E-state index is 11.4. The van der Waals surface area contributed by atoms with Crippen LogP contribution in [0.25, 0.3) is 0 Å². The fourth-order valence-electron chi connectivity index (χ4n) is 0.368. The van der Waals surface area contributed by atoms with E-state index in [-0.39, 0.29) is 12.8 Å². The van der Waals surface area contributed by atoms with E-state index in [4.69, 9.17) is 5.26 Å². The molecule has 0 aromatic rings. The van der Waals surface area contributed by atoms with Crippen molar-refractivity contribution in [2.45, 2.75) is 18.9 Å². The lowest BCUT2D eigenvalue weighted by atomic mass is 10.4. The Hall–Kier alpha value is -0.503. The van der Waals surface area contributed by atoms with Crippen molar-refractivity contribution in [2.24, 2.45) is 0 Å². The number of nitrogens with zero attached hydrogens (tertiary/aromatic N) is 1. The molecule has 0 aliphatic carbocycles. The van der Waals surface area contributed by atoms with Gasteiger partial charge in [-0.2, -0.15) is 5.26 Å². The molecule has 0 fully saturated rings. The van der Waals surface area contributed by atoms with Crippen LogP contribution >= 0.6 is 0 Å². The Morgan fingerprint density at radius 2 is 1.89 bits per heavy atom. The minimum absolute atomic E-state index is 0.0203. The van der Waals surface area contributed by atoms with Gasteiger partial charge in [-0.1, -0.05) is 0 Å². The number of nitriles is 1. The maximum absolute atomic E-state index is 11.4. The van der Waals surface area contributed by atoms with Crippen LogP contribution in [0.15, 0.2) is 0 Å². The zero-order chi connectivity index (χ0) is 7.33. The normalized spacial score (nSPS) is 10.9. The molecule has 0 N–H and O–H groups in total. The molecular weight excluding hydrogens is 147 g/mol. The highest BCUT2D eigenvalue weighted by Gasteiger charge is 2.35. The summed E-state index contributed by atoms with van der Waals surface area (Å²) in [6, 6.07) is 0.955. The standard InChI is InChI=1S/C4H6F3NSi/c5-9(6,7)4-2-1-3-8/h1-2,4H2. The number of halogens is 3. The summed E-state index contributed by atoms with van der Waals surface area (Å²) in [5.74, 6) is 0. The highest BCUT2D eigenvalue weighted by molar-refractivity contribution is 6.58. The molecule has 0 aliphatic heterocycles. The maximum Gasteiger partial charge on any atom is 0.616 e. The van der Waals surface area contributed by atoms with E-state index in [0.29, 0.717) is 0 Å². The van der Waals surface area contributed by atoms with Gasteiger partial charge in [-0.25, -0.2) is 12.3 Å². The summed E-state index contributed by atoms with van der Waals surface area (Å²) < 4.78 is 34.2. The van der Waals surface area contributed by atoms with Gasteiger partial charge < -0.3 is 0 Å². The SMILES string of the molecule is N#CCCC[Si](F)(F)F. The molecule has 0 heterocycles. The molecule has 0 aromatic heterocycles. The molecule has 9 heavy (non-hydrogen) atoms. The largest absolute Gasteiger partial charge is 0.616 e. The van der Waals surface area contributed by atoms with E-state index in [2.05, 4.69) is 0 Å². The number of rotatable bonds is 3. The van der Waals surface area contributed by atoms with Crippen LogP contribution in [0.4, 0.5) is 12.3 Å². The molecule has 0 saturated carbocycles. The summed E-state index contributed by atoms with van der Waals surface area (Å²) in [6.45, 7) is 0. The Labute approximate surface area is 52.6 Å². The molecule has 0 aromatic carbocycles. The Morgan fingerprint density at radius 3 is 2.22 bits per heavy atom. The van der Waals surface area contributed by atoms with E-state index in [1.54, 1.807) is 6.07 Å². The highest BCUT2D eigenvalue weighted by Crippen LogP contribution is 2.17. The lowest BCUT2D eigenvalue weighted by Gasteiger charge is -1.96. The number of unbranched alkanes of at least 4 members (excludes halogenated alkanes) is 1. The minimum atomic E-state index is -5.35. The smallest absolute Gasteiger partial charge is 0.238 e. The molecule has 0 spiro atoms. The third-order valence-corrected chi connectivity index (χ3v) is 1.67. The molecular formula is C4H6F3NSi. The van der Waals surface area contributed by atoms with E-state index < -0.39 is 15.1 Å². The fourth-order valence-corrected chi connectivity index (χ4v) is 0.946. The van der Waals surface area contributed by atoms with Gasteiger partial charge in [0.2, 0.25) is 0 Å². The van der Waals surface area contributed by atoms with E-state index in [9.17, 15) is 12.3 Å². The first kappa shape index (κ1) is 8.50. The predicted octanol–water partition coefficient (Wildman–Crippen LogP) is 2.14. The summed E-state index contributed by atoms with van der Waals surface area (Å²) in [6.07, 6.45) is -0.00126. The van der Waals surface area contributed by atoms with Gasteiger partial charge in [0.25, 0.3) is 0 Å². The Kier molecular flexibility index (Phi) is 3.31. The van der Waals surface area contributed by atoms with Gasteiger partial charge in [-0.3, -0.25) is 0 Å². The van der Waals surface area contributed by atoms with Crippen molar-refractivity contribution in [3.63, 3.8) is 0 Å². The second-order valence-electron chi connectivity index (χ2n) is 1.63. The lowest BCUT2D eigenvalue weighted by molar-refractivity contribution is 0.464. The van der Waals surface area contributed by atoms with Gasteiger partial charge >= 0.3 is 9.08 Å². The molecule has 1 nitrogen and oxygen atoms in total. The van der Waals surface area contributed by atoms with Gasteiger partial charge in [-0.15, -0.1) is 0 Å². The molecule has 0 saturated heterocycles. The van der Waals surface area contributed by atoms with Crippen LogP contribution < -0.4 is 0 Å². The second-order valence-corrected chi connectivity index (χ2v) is 3.36. The first-order valence-electron chi connectivity index (χ1n) is 2.50. The van der Waals surface area contributed by atoms with Gasteiger partial charge in [0.1, 0.15) is 0 Å². The Morgan fingerprint density at radius 1 is 1.33 bits per heavy atom. The van der Waals surface area contributed by atoms with Crippen molar-refractivity contribution in [1.29, 1.82) is 5.26 Å². The van der Waals surface area contributed by atoms with Gasteiger partial charge in [-0.05, 0) is 6.42 Å². The Balaban J connectivity index is 3.20. The summed E-state index contributed by atoms with van der Waals surface area (Å²) in [5, 5.41) is 7.86. The van der Waals surface area contributed by atoms with Crippen molar-refractivity contribution in [3.8, 4) is 6.07 Å². The van der Waals surface area contributed by atoms with Crippen molar-refractivity contribution >= 4 is 9.08 Å². The van der Waals surface area contributed by atoms with Crippen LogP contribution in [0, 0.1) is 11.3 Å². The lowest BCUT2D eigenvalue weighted by Crippen LogP contribution is -2.13. The summed E-state index contributed by atoms with van der Waals surface area (Å²) in [5.41, 5.74) is 0. The van der Waals surface area contributed by atoms with Crippen LogP contribution in [0.1, 0.15) is 12.8 Å². The average molecular weight is 153 g/mol. The monoisotopic (exact) mass is 153 g/mol. The minimum Gasteiger partial charge on any atom is -0.238 e.